The number of aliphatic hydroxyl groups is 1. The predicted octanol–water partition coefficient (Wildman–Crippen LogP) is 3.31. The second-order valence-electron chi connectivity index (χ2n) is 6.49. The number of aliphatic hydroxyl groups excluding tert-OH is 1. The first-order chi connectivity index (χ1) is 9.88. The number of rotatable bonds is 1. The highest BCUT2D eigenvalue weighted by Gasteiger charge is 2.33. The standard InChI is InChI=1S/C16H21BrN2O2/c1-8-4-9(2)10(3)19(7-8)14-6-13-11(5-12(14)17)15(20)16(21)18-13/h5-6,8-10,15,20H,4,7H2,1-3H3,(H,18,21). The Morgan fingerprint density at radius 1 is 1.33 bits per heavy atom. The second kappa shape index (κ2) is 5.29. The Balaban J connectivity index is 2.00. The van der Waals surface area contributed by atoms with Crippen molar-refractivity contribution in [3.05, 3.63) is 22.2 Å². The summed E-state index contributed by atoms with van der Waals surface area (Å²) in [6.45, 7) is 7.84. The summed E-state index contributed by atoms with van der Waals surface area (Å²) in [6.07, 6.45) is 0.192. The minimum absolute atomic E-state index is 0.345. The molecule has 4 unspecified atom stereocenters. The third-order valence-corrected chi connectivity index (χ3v) is 5.46. The third kappa shape index (κ3) is 2.46. The van der Waals surface area contributed by atoms with Gasteiger partial charge in [-0.15, -0.1) is 0 Å². The number of hydrogen-bond acceptors (Lipinski definition) is 3. The van der Waals surface area contributed by atoms with Crippen molar-refractivity contribution in [2.75, 3.05) is 16.8 Å². The fourth-order valence-electron chi connectivity index (χ4n) is 3.51. The smallest absolute Gasteiger partial charge is 0.257 e. The van der Waals surface area contributed by atoms with Gasteiger partial charge in [0.05, 0.1) is 5.69 Å². The lowest BCUT2D eigenvalue weighted by molar-refractivity contribution is -0.123. The van der Waals surface area contributed by atoms with Crippen LogP contribution >= 0.6 is 15.9 Å². The maximum atomic E-state index is 11.6. The van der Waals surface area contributed by atoms with Crippen LogP contribution in [0.1, 0.15) is 38.9 Å². The van der Waals surface area contributed by atoms with E-state index in [0.717, 1.165) is 22.4 Å². The highest BCUT2D eigenvalue weighted by Crippen LogP contribution is 2.41. The molecule has 2 aliphatic rings. The number of carbonyl (C=O) groups is 1. The minimum Gasteiger partial charge on any atom is -0.378 e. The van der Waals surface area contributed by atoms with E-state index in [0.29, 0.717) is 23.4 Å². The summed E-state index contributed by atoms with van der Waals surface area (Å²) < 4.78 is 0.935. The van der Waals surface area contributed by atoms with Crippen LogP contribution in [0.3, 0.4) is 0 Å². The molecule has 4 atom stereocenters. The Kier molecular flexibility index (Phi) is 3.74. The molecule has 0 aromatic heterocycles. The first kappa shape index (κ1) is 14.9. The largest absolute Gasteiger partial charge is 0.378 e. The van der Waals surface area contributed by atoms with Crippen LogP contribution in [0.4, 0.5) is 11.4 Å². The summed E-state index contributed by atoms with van der Waals surface area (Å²) >= 11 is 3.61. The fraction of sp³-hybridized carbons (Fsp3) is 0.562. The van der Waals surface area contributed by atoms with Gasteiger partial charge in [0.15, 0.2) is 6.10 Å². The number of halogens is 1. The monoisotopic (exact) mass is 352 g/mol. The normalized spacial score (nSPS) is 32.0. The van der Waals surface area contributed by atoms with Crippen molar-refractivity contribution in [3.8, 4) is 0 Å². The van der Waals surface area contributed by atoms with Gasteiger partial charge >= 0.3 is 0 Å². The van der Waals surface area contributed by atoms with Gasteiger partial charge in [-0.25, -0.2) is 0 Å². The number of benzene rings is 1. The average Bonchev–Trinajstić information content (AvgIpc) is 2.69. The van der Waals surface area contributed by atoms with Gasteiger partial charge in [0.1, 0.15) is 0 Å². The molecule has 1 aromatic rings. The molecule has 1 aromatic carbocycles. The van der Waals surface area contributed by atoms with Crippen molar-refractivity contribution < 1.29 is 9.90 Å². The molecule has 0 saturated carbocycles. The van der Waals surface area contributed by atoms with Crippen molar-refractivity contribution in [2.45, 2.75) is 39.3 Å². The number of amides is 1. The molecule has 0 radical (unpaired) electrons. The first-order valence-corrected chi connectivity index (χ1v) is 8.26. The molecule has 2 N–H and O–H groups in total. The molecule has 114 valence electrons. The van der Waals surface area contributed by atoms with E-state index in [9.17, 15) is 9.90 Å². The van der Waals surface area contributed by atoms with E-state index in [2.05, 4.69) is 46.9 Å². The summed E-state index contributed by atoms with van der Waals surface area (Å²) in [5.41, 5.74) is 2.47. The lowest BCUT2D eigenvalue weighted by Crippen LogP contribution is -2.46. The van der Waals surface area contributed by atoms with Crippen LogP contribution in [-0.2, 0) is 4.79 Å². The minimum atomic E-state index is -1.05. The van der Waals surface area contributed by atoms with Gasteiger partial charge in [-0.05, 0) is 53.2 Å². The van der Waals surface area contributed by atoms with Crippen LogP contribution in [-0.4, -0.2) is 23.6 Å². The van der Waals surface area contributed by atoms with Crippen LogP contribution in [0.5, 0.6) is 0 Å². The van der Waals surface area contributed by atoms with Gasteiger partial charge in [-0.2, -0.15) is 0 Å². The molecular weight excluding hydrogens is 332 g/mol. The van der Waals surface area contributed by atoms with Crippen LogP contribution < -0.4 is 10.2 Å². The molecule has 0 bridgehead atoms. The molecule has 5 heteroatoms. The Bertz CT molecular complexity index is 590. The zero-order chi connectivity index (χ0) is 15.3. The molecule has 1 amide bonds. The first-order valence-electron chi connectivity index (χ1n) is 7.47. The number of fused-ring (bicyclic) bond motifs is 1. The number of piperidine rings is 1. The van der Waals surface area contributed by atoms with Crippen molar-refractivity contribution in [1.82, 2.24) is 0 Å². The fourth-order valence-corrected chi connectivity index (χ4v) is 4.10. The Hall–Kier alpha value is -1.07. The summed E-state index contributed by atoms with van der Waals surface area (Å²) in [5, 5.41) is 12.6. The van der Waals surface area contributed by atoms with E-state index in [1.807, 2.05) is 12.1 Å². The number of nitrogens with zero attached hydrogens (tertiary/aromatic N) is 1. The lowest BCUT2D eigenvalue weighted by atomic mass is 9.85. The van der Waals surface area contributed by atoms with Crippen LogP contribution in [0.15, 0.2) is 16.6 Å². The molecule has 3 rings (SSSR count). The van der Waals surface area contributed by atoms with Crippen LogP contribution in [0, 0.1) is 11.8 Å². The predicted molar refractivity (Wildman–Crippen MR) is 87.5 cm³/mol. The summed E-state index contributed by atoms with van der Waals surface area (Å²) in [6, 6.07) is 4.30. The van der Waals surface area contributed by atoms with E-state index in [-0.39, 0.29) is 5.91 Å². The van der Waals surface area contributed by atoms with Crippen molar-refractivity contribution >= 4 is 33.2 Å². The van der Waals surface area contributed by atoms with Gasteiger partial charge in [0.2, 0.25) is 0 Å². The molecule has 0 aliphatic carbocycles. The topological polar surface area (TPSA) is 52.6 Å². The summed E-state index contributed by atoms with van der Waals surface area (Å²) in [4.78, 5) is 14.0. The second-order valence-corrected chi connectivity index (χ2v) is 7.35. The van der Waals surface area contributed by atoms with E-state index in [1.54, 1.807) is 0 Å². The van der Waals surface area contributed by atoms with E-state index in [1.165, 1.54) is 6.42 Å². The molecular formula is C16H21BrN2O2. The molecule has 2 heterocycles. The van der Waals surface area contributed by atoms with Gasteiger partial charge in [-0.1, -0.05) is 13.8 Å². The van der Waals surface area contributed by atoms with E-state index in [4.69, 9.17) is 0 Å². The number of anilines is 2. The van der Waals surface area contributed by atoms with Gasteiger partial charge in [0.25, 0.3) is 5.91 Å². The lowest BCUT2D eigenvalue weighted by Gasteiger charge is -2.43. The van der Waals surface area contributed by atoms with Crippen LogP contribution in [0.2, 0.25) is 0 Å². The molecule has 21 heavy (non-hydrogen) atoms. The highest BCUT2D eigenvalue weighted by atomic mass is 79.9. The maximum Gasteiger partial charge on any atom is 0.257 e. The zero-order valence-corrected chi connectivity index (χ0v) is 14.1. The number of nitrogens with one attached hydrogen (secondary N) is 1. The molecule has 2 aliphatic heterocycles. The Morgan fingerprint density at radius 2 is 2.05 bits per heavy atom. The zero-order valence-electron chi connectivity index (χ0n) is 12.6. The van der Waals surface area contributed by atoms with Gasteiger partial charge in [-0.3, -0.25) is 4.79 Å². The summed E-state index contributed by atoms with van der Waals surface area (Å²) in [5.74, 6) is 0.938. The quantitative estimate of drug-likeness (QED) is 0.815. The Morgan fingerprint density at radius 3 is 2.76 bits per heavy atom. The molecule has 1 saturated heterocycles. The van der Waals surface area contributed by atoms with Gasteiger partial charge in [0, 0.05) is 28.3 Å². The van der Waals surface area contributed by atoms with E-state index >= 15 is 0 Å². The third-order valence-electron chi connectivity index (χ3n) is 4.83. The van der Waals surface area contributed by atoms with E-state index < -0.39 is 6.10 Å². The average molecular weight is 353 g/mol. The SMILES string of the molecule is CC1CC(C)C(C)N(c2cc3c(cc2Br)C(O)C(=O)N3)C1. The summed E-state index contributed by atoms with van der Waals surface area (Å²) in [7, 11) is 0. The van der Waals surface area contributed by atoms with Gasteiger partial charge < -0.3 is 15.3 Å². The number of hydrogen-bond donors (Lipinski definition) is 2. The van der Waals surface area contributed by atoms with Crippen LogP contribution in [0.25, 0.3) is 0 Å². The molecule has 0 spiro atoms. The Labute approximate surface area is 133 Å². The molecule has 1 fully saturated rings. The van der Waals surface area contributed by atoms with Crippen molar-refractivity contribution in [2.24, 2.45) is 11.8 Å². The van der Waals surface area contributed by atoms with Crippen molar-refractivity contribution in [3.63, 3.8) is 0 Å². The van der Waals surface area contributed by atoms with Crippen molar-refractivity contribution in [1.29, 1.82) is 0 Å². The number of carbonyl (C=O) groups excluding carboxylic acids is 1. The molecule has 4 nitrogen and oxygen atoms in total. The maximum absolute atomic E-state index is 11.6. The highest BCUT2D eigenvalue weighted by molar-refractivity contribution is 9.10.